The van der Waals surface area contributed by atoms with Crippen LogP contribution in [-0.4, -0.2) is 75.0 Å². The van der Waals surface area contributed by atoms with Crippen LogP contribution in [0.15, 0.2) is 24.3 Å². The third-order valence-electron chi connectivity index (χ3n) is 6.98. The van der Waals surface area contributed by atoms with Gasteiger partial charge in [0.2, 0.25) is 0 Å². The highest BCUT2D eigenvalue weighted by Gasteiger charge is 2.22. The second kappa shape index (κ2) is 15.5. The average Bonchev–Trinajstić information content (AvgIpc) is 2.76. The van der Waals surface area contributed by atoms with Gasteiger partial charge in [-0.05, 0) is 109 Å². The molecule has 0 aliphatic heterocycles. The number of unbranched alkanes of at least 4 members (excludes halogenated alkanes) is 1. The van der Waals surface area contributed by atoms with Crippen molar-refractivity contribution in [3.63, 3.8) is 0 Å². The van der Waals surface area contributed by atoms with E-state index in [0.717, 1.165) is 11.8 Å². The maximum atomic E-state index is 5.66. The molecule has 1 aliphatic carbocycles. The van der Waals surface area contributed by atoms with Gasteiger partial charge in [0.1, 0.15) is 0 Å². The minimum absolute atomic E-state index is 0.0782. The Morgan fingerprint density at radius 2 is 1.69 bits per heavy atom. The van der Waals surface area contributed by atoms with E-state index in [1.807, 2.05) is 13.0 Å². The molecule has 2 rings (SSSR count). The Kier molecular flexibility index (Phi) is 13.8. The minimum Gasteiger partial charge on any atom is -0.356 e. The van der Waals surface area contributed by atoms with Gasteiger partial charge in [-0.1, -0.05) is 49.6 Å². The zero-order chi connectivity index (χ0) is 20.9. The summed E-state index contributed by atoms with van der Waals surface area (Å²) in [5.41, 5.74) is 2.80. The second-order valence-electron chi connectivity index (χ2n) is 9.30. The van der Waals surface area contributed by atoms with Crippen molar-refractivity contribution in [2.45, 2.75) is 76.7 Å². The SMILES string of the molecule is COC(C)OCc1ccc(C2CCC(CCCC[SiH]([SiH2][SiH2][SiH3])[SiH2][SiH2][SiH3])CC2)cc1. The minimum atomic E-state index is -0.132. The molecule has 9 heteroatoms. The van der Waals surface area contributed by atoms with E-state index in [-0.39, 0.29) is 14.1 Å². The van der Waals surface area contributed by atoms with Gasteiger partial charge in [0.25, 0.3) is 0 Å². The quantitative estimate of drug-likeness (QED) is 0.179. The second-order valence-corrected chi connectivity index (χ2v) is 63.0. The van der Waals surface area contributed by atoms with Crippen LogP contribution in [-0.2, 0) is 16.1 Å². The summed E-state index contributed by atoms with van der Waals surface area (Å²) in [7, 11) is 7.74. The monoisotopic (exact) mass is 514 g/mol. The van der Waals surface area contributed by atoms with E-state index in [1.165, 1.54) is 31.2 Å². The van der Waals surface area contributed by atoms with Gasteiger partial charge in [0, 0.05) is 14.9 Å². The summed E-state index contributed by atoms with van der Waals surface area (Å²) >= 11 is 0. The maximum Gasteiger partial charge on any atom is 0.154 e. The fourth-order valence-electron chi connectivity index (χ4n) is 5.07. The first-order valence-electron chi connectivity index (χ1n) is 12.4. The van der Waals surface area contributed by atoms with Gasteiger partial charge in [-0.2, -0.15) is 0 Å². The van der Waals surface area contributed by atoms with E-state index in [1.54, 1.807) is 51.5 Å². The molecule has 1 saturated carbocycles. The first-order chi connectivity index (χ1) is 14.2. The van der Waals surface area contributed by atoms with E-state index in [2.05, 4.69) is 24.3 Å². The summed E-state index contributed by atoms with van der Waals surface area (Å²) in [6.07, 6.45) is 10.5. The molecule has 1 fully saturated rings. The molecule has 1 aliphatic rings. The number of rotatable bonds is 14. The molecule has 1 atom stereocenters. The Bertz CT molecular complexity index is 532. The highest BCUT2D eigenvalue weighted by atomic mass is 30.0. The normalized spacial score (nSPS) is 23.7. The van der Waals surface area contributed by atoms with Crippen molar-refractivity contribution in [1.82, 2.24) is 0 Å². The maximum absolute atomic E-state index is 5.66. The summed E-state index contributed by atoms with van der Waals surface area (Å²) in [5.74, 6) is 1.84. The lowest BCUT2D eigenvalue weighted by atomic mass is 9.77. The predicted molar refractivity (Wildman–Crippen MR) is 152 cm³/mol. The molecule has 2 nitrogen and oxygen atoms in total. The van der Waals surface area contributed by atoms with Gasteiger partial charge < -0.3 is 9.47 Å². The molecule has 0 N–H and O–H groups in total. The van der Waals surface area contributed by atoms with E-state index < -0.39 is 0 Å². The molecule has 0 radical (unpaired) electrons. The van der Waals surface area contributed by atoms with Crippen molar-refractivity contribution in [3.05, 3.63) is 35.4 Å². The molecule has 1 aromatic rings. The van der Waals surface area contributed by atoms with Crippen molar-refractivity contribution in [1.29, 1.82) is 0 Å². The summed E-state index contributed by atoms with van der Waals surface area (Å²) in [4.78, 5) is 0. The van der Waals surface area contributed by atoms with Crippen molar-refractivity contribution in [3.8, 4) is 0 Å². The lowest BCUT2D eigenvalue weighted by Gasteiger charge is -2.29. The fraction of sp³-hybridized carbons (Fsp3) is 0.700. The highest BCUT2D eigenvalue weighted by Crippen LogP contribution is 2.37. The molecule has 29 heavy (non-hydrogen) atoms. The van der Waals surface area contributed by atoms with Crippen molar-refractivity contribution in [2.75, 3.05) is 7.11 Å². The van der Waals surface area contributed by atoms with Gasteiger partial charge in [-0.25, -0.2) is 0 Å². The van der Waals surface area contributed by atoms with Crippen molar-refractivity contribution < 1.29 is 9.47 Å². The standard InChI is InChI=1S/C20H46O2Si7/c1-16(21-2)22-15-18-8-12-20(13-9-18)19-10-6-17(7-11-19)5-3-4-14-29(27-25-23)28-26-24/h8-9,12-13,16-17,19,29H,3-7,10-11,14-15,25-28H2,1-2,23-24H3. The average molecular weight is 515 g/mol. The van der Waals surface area contributed by atoms with E-state index >= 15 is 0 Å². The first-order valence-corrected chi connectivity index (χ1v) is 39.1. The van der Waals surface area contributed by atoms with Gasteiger partial charge in [0.05, 0.1) is 6.61 Å². The molecule has 0 heterocycles. The summed E-state index contributed by atoms with van der Waals surface area (Å²) in [6.45, 7) is 2.58. The van der Waals surface area contributed by atoms with Crippen LogP contribution in [0.25, 0.3) is 0 Å². The van der Waals surface area contributed by atoms with Gasteiger partial charge in [-0.3, -0.25) is 0 Å². The Labute approximate surface area is 195 Å². The van der Waals surface area contributed by atoms with Crippen LogP contribution in [0.2, 0.25) is 6.04 Å². The molecule has 166 valence electrons. The molecule has 0 spiro atoms. The number of hydrogen-bond acceptors (Lipinski definition) is 2. The van der Waals surface area contributed by atoms with Crippen LogP contribution in [0.1, 0.15) is 68.9 Å². The Hall–Kier alpha value is 0.658. The predicted octanol–water partition coefficient (Wildman–Crippen LogP) is -1.07. The van der Waals surface area contributed by atoms with Crippen molar-refractivity contribution >= 4 is 61.6 Å². The molecule has 0 saturated heterocycles. The molecule has 0 aromatic heterocycles. The largest absolute Gasteiger partial charge is 0.356 e. The number of methoxy groups -OCH3 is 1. The van der Waals surface area contributed by atoms with Gasteiger partial charge in [-0.15, -0.1) is 0 Å². The van der Waals surface area contributed by atoms with Crippen LogP contribution in [0, 0.1) is 5.92 Å². The van der Waals surface area contributed by atoms with Crippen molar-refractivity contribution in [2.24, 2.45) is 5.92 Å². The fourth-order valence-corrected chi connectivity index (χ4v) is 182. The van der Waals surface area contributed by atoms with Crippen LogP contribution < -0.4 is 0 Å². The summed E-state index contributed by atoms with van der Waals surface area (Å²) in [6, 6.07) is 11.0. The molecule has 0 amide bonds. The molecular formula is C20H46O2Si7. The van der Waals surface area contributed by atoms with Crippen LogP contribution in [0.4, 0.5) is 0 Å². The third kappa shape index (κ3) is 10.2. The molecular weight excluding hydrogens is 469 g/mol. The highest BCUT2D eigenvalue weighted by molar-refractivity contribution is 7.66. The molecule has 1 aromatic carbocycles. The van der Waals surface area contributed by atoms with Gasteiger partial charge in [0.15, 0.2) is 6.29 Å². The van der Waals surface area contributed by atoms with Crippen LogP contribution in [0.5, 0.6) is 0 Å². The lowest BCUT2D eigenvalue weighted by molar-refractivity contribution is -0.118. The molecule has 1 unspecified atom stereocenters. The lowest BCUT2D eigenvalue weighted by Crippen LogP contribution is -2.37. The van der Waals surface area contributed by atoms with Gasteiger partial charge >= 0.3 is 0 Å². The van der Waals surface area contributed by atoms with E-state index in [4.69, 9.17) is 9.47 Å². The third-order valence-corrected chi connectivity index (χ3v) is 100. The first kappa shape index (κ1) is 25.9. The smallest absolute Gasteiger partial charge is 0.154 e. The summed E-state index contributed by atoms with van der Waals surface area (Å²) in [5, 5.41) is 0. The number of benzene rings is 1. The number of ether oxygens (including phenoxy) is 2. The van der Waals surface area contributed by atoms with Crippen LogP contribution in [0.3, 0.4) is 0 Å². The zero-order valence-electron chi connectivity index (χ0n) is 19.6. The zero-order valence-corrected chi connectivity index (χ0v) is 30.4. The summed E-state index contributed by atoms with van der Waals surface area (Å²) < 4.78 is 10.8. The van der Waals surface area contributed by atoms with E-state index in [9.17, 15) is 0 Å². The number of hydrogen-bond donors (Lipinski definition) is 0. The Morgan fingerprint density at radius 1 is 1.03 bits per heavy atom. The topological polar surface area (TPSA) is 18.5 Å². The van der Waals surface area contributed by atoms with Crippen LogP contribution >= 0.6 is 0 Å². The molecule has 0 bridgehead atoms. The Morgan fingerprint density at radius 3 is 2.28 bits per heavy atom. The van der Waals surface area contributed by atoms with E-state index in [0.29, 0.717) is 40.8 Å². The Balaban J connectivity index is 1.64.